The smallest absolute Gasteiger partial charge is 0.416 e. The number of morpholine rings is 1. The normalized spacial score (nSPS) is 22.7. The first-order valence-corrected chi connectivity index (χ1v) is 10.4. The lowest BCUT2D eigenvalue weighted by molar-refractivity contribution is -0.194. The number of benzene rings is 2. The van der Waals surface area contributed by atoms with Gasteiger partial charge in [-0.25, -0.2) is 23.2 Å². The fourth-order valence-corrected chi connectivity index (χ4v) is 4.24. The molecular formula is C23H19F5N4O3. The minimum atomic E-state index is -4.59. The lowest BCUT2D eigenvalue weighted by atomic mass is 9.82. The van der Waals surface area contributed by atoms with Crippen LogP contribution >= 0.6 is 0 Å². The van der Waals surface area contributed by atoms with E-state index in [0.29, 0.717) is 6.07 Å². The summed E-state index contributed by atoms with van der Waals surface area (Å²) in [6.45, 7) is 2.62. The second-order valence-electron chi connectivity index (χ2n) is 8.17. The summed E-state index contributed by atoms with van der Waals surface area (Å²) in [5, 5.41) is 3.98. The van der Waals surface area contributed by atoms with Crippen LogP contribution in [0.3, 0.4) is 0 Å². The molecule has 4 rings (SSSR count). The molecule has 1 amide bonds. The maximum atomic E-state index is 15.0. The predicted octanol–water partition coefficient (Wildman–Crippen LogP) is 3.95. The summed E-state index contributed by atoms with van der Waals surface area (Å²) in [5.41, 5.74) is -3.11. The quantitative estimate of drug-likeness (QED) is 0.406. The molecule has 2 heterocycles. The average molecular weight is 494 g/mol. The van der Waals surface area contributed by atoms with Gasteiger partial charge < -0.3 is 9.64 Å². The van der Waals surface area contributed by atoms with Crippen LogP contribution in [0, 0.1) is 11.6 Å². The minimum absolute atomic E-state index is 0.111. The summed E-state index contributed by atoms with van der Waals surface area (Å²) < 4.78 is 74.6. The summed E-state index contributed by atoms with van der Waals surface area (Å²) in [7, 11) is 0. The van der Waals surface area contributed by atoms with Crippen molar-refractivity contribution in [2.75, 3.05) is 0 Å². The van der Waals surface area contributed by atoms with Crippen LogP contribution in [-0.4, -0.2) is 43.6 Å². The van der Waals surface area contributed by atoms with Crippen LogP contribution < -0.4 is 0 Å². The van der Waals surface area contributed by atoms with Crippen molar-refractivity contribution >= 4 is 11.9 Å². The summed E-state index contributed by atoms with van der Waals surface area (Å²) in [5.74, 6) is -3.52. The monoisotopic (exact) mass is 494 g/mol. The van der Waals surface area contributed by atoms with Gasteiger partial charge in [-0.1, -0.05) is 0 Å². The predicted molar refractivity (Wildman–Crippen MR) is 111 cm³/mol. The molecule has 0 spiro atoms. The number of amides is 1. The molecule has 0 radical (unpaired) electrons. The molecular weight excluding hydrogens is 475 g/mol. The molecule has 0 aliphatic carbocycles. The van der Waals surface area contributed by atoms with E-state index in [9.17, 15) is 27.2 Å². The number of ether oxygens (including phenoxy) is 1. The van der Waals surface area contributed by atoms with Crippen molar-refractivity contribution in [3.63, 3.8) is 0 Å². The standard InChI is InChI=1S/C23H19F5N4O3/c1-13-21(34)35-22(10-31-12-29-11-30-31,18-8-7-17(24)9-19(18)25)14(2)32(13)20(33)15-3-5-16(6-4-15)23(26,27)28/h3-9,11-14H,10H2,1-2H3. The number of cyclic esters (lactones) is 1. The fraction of sp³-hybridized carbons (Fsp3) is 0.304. The molecule has 35 heavy (non-hydrogen) atoms. The summed E-state index contributed by atoms with van der Waals surface area (Å²) >= 11 is 0. The van der Waals surface area contributed by atoms with Crippen molar-refractivity contribution in [1.29, 1.82) is 0 Å². The number of rotatable bonds is 4. The lowest BCUT2D eigenvalue weighted by Gasteiger charge is -2.50. The number of carbonyl (C=O) groups is 2. The zero-order valence-corrected chi connectivity index (χ0v) is 18.5. The van der Waals surface area contributed by atoms with Crippen LogP contribution in [0.1, 0.15) is 35.3 Å². The van der Waals surface area contributed by atoms with Gasteiger partial charge in [0.15, 0.2) is 5.60 Å². The van der Waals surface area contributed by atoms with Gasteiger partial charge >= 0.3 is 12.1 Å². The Hall–Kier alpha value is -3.83. The number of carbonyl (C=O) groups excluding carboxylic acids is 2. The van der Waals surface area contributed by atoms with E-state index in [0.717, 1.165) is 41.3 Å². The number of aromatic nitrogens is 3. The number of hydrogen-bond acceptors (Lipinski definition) is 5. The van der Waals surface area contributed by atoms with Crippen LogP contribution in [0.25, 0.3) is 0 Å². The van der Waals surface area contributed by atoms with E-state index in [-0.39, 0.29) is 17.7 Å². The molecule has 1 aliphatic rings. The molecule has 184 valence electrons. The molecule has 2 aromatic carbocycles. The van der Waals surface area contributed by atoms with E-state index in [4.69, 9.17) is 4.74 Å². The van der Waals surface area contributed by atoms with E-state index in [2.05, 4.69) is 10.1 Å². The van der Waals surface area contributed by atoms with Crippen LogP contribution in [0.5, 0.6) is 0 Å². The highest BCUT2D eigenvalue weighted by Gasteiger charge is 2.55. The van der Waals surface area contributed by atoms with Crippen LogP contribution in [0.15, 0.2) is 55.1 Å². The molecule has 12 heteroatoms. The topological polar surface area (TPSA) is 77.3 Å². The van der Waals surface area contributed by atoms with Gasteiger partial charge in [0.2, 0.25) is 0 Å². The zero-order chi connectivity index (χ0) is 25.5. The Balaban J connectivity index is 1.81. The Bertz CT molecular complexity index is 1250. The molecule has 1 aromatic heterocycles. The highest BCUT2D eigenvalue weighted by molar-refractivity contribution is 5.97. The Morgan fingerprint density at radius 3 is 2.37 bits per heavy atom. The number of alkyl halides is 3. The molecule has 1 saturated heterocycles. The van der Waals surface area contributed by atoms with Gasteiger partial charge in [0.25, 0.3) is 5.91 Å². The Morgan fingerprint density at radius 2 is 1.80 bits per heavy atom. The molecule has 1 aliphatic heterocycles. The van der Waals surface area contributed by atoms with Gasteiger partial charge in [-0.05, 0) is 50.2 Å². The second-order valence-corrected chi connectivity index (χ2v) is 8.17. The third kappa shape index (κ3) is 4.35. The molecule has 3 unspecified atom stereocenters. The highest BCUT2D eigenvalue weighted by atomic mass is 19.4. The molecule has 0 N–H and O–H groups in total. The van der Waals surface area contributed by atoms with E-state index < -0.39 is 52.9 Å². The molecule has 7 nitrogen and oxygen atoms in total. The Kier molecular flexibility index (Phi) is 6.07. The molecule has 1 fully saturated rings. The first-order chi connectivity index (χ1) is 16.4. The van der Waals surface area contributed by atoms with Crippen LogP contribution in [0.2, 0.25) is 0 Å². The number of halogens is 5. The van der Waals surface area contributed by atoms with Crippen LogP contribution in [0.4, 0.5) is 22.0 Å². The third-order valence-corrected chi connectivity index (χ3v) is 6.08. The SMILES string of the molecule is CC1C(=O)OC(Cn2cncn2)(c2ccc(F)cc2F)C(C)N1C(=O)c1ccc(C(F)(F)F)cc1. The summed E-state index contributed by atoms with van der Waals surface area (Å²) in [6.07, 6.45) is -2.09. The largest absolute Gasteiger partial charge is 0.448 e. The summed E-state index contributed by atoms with van der Waals surface area (Å²) in [4.78, 5) is 31.3. The second kappa shape index (κ2) is 8.75. The fourth-order valence-electron chi connectivity index (χ4n) is 4.24. The van der Waals surface area contributed by atoms with Crippen molar-refractivity contribution in [1.82, 2.24) is 19.7 Å². The minimum Gasteiger partial charge on any atom is -0.448 e. The van der Waals surface area contributed by atoms with Crippen molar-refractivity contribution in [2.45, 2.75) is 44.3 Å². The van der Waals surface area contributed by atoms with E-state index in [1.807, 2.05) is 0 Å². The Labute approximate surface area is 196 Å². The van der Waals surface area contributed by atoms with Crippen molar-refractivity contribution in [3.05, 3.63) is 83.4 Å². The van der Waals surface area contributed by atoms with Gasteiger partial charge in [-0.15, -0.1) is 0 Å². The first-order valence-electron chi connectivity index (χ1n) is 10.4. The highest BCUT2D eigenvalue weighted by Crippen LogP contribution is 2.41. The summed E-state index contributed by atoms with van der Waals surface area (Å²) in [6, 6.07) is 4.05. The molecule has 0 bridgehead atoms. The van der Waals surface area contributed by atoms with Crippen LogP contribution in [-0.2, 0) is 27.9 Å². The van der Waals surface area contributed by atoms with E-state index >= 15 is 4.39 Å². The number of hydrogen-bond donors (Lipinski definition) is 0. The van der Waals surface area contributed by atoms with Gasteiger partial charge in [-0.3, -0.25) is 4.79 Å². The van der Waals surface area contributed by atoms with Gasteiger partial charge in [0, 0.05) is 17.2 Å². The zero-order valence-electron chi connectivity index (χ0n) is 18.5. The van der Waals surface area contributed by atoms with Crippen molar-refractivity contribution < 1.29 is 36.3 Å². The lowest BCUT2D eigenvalue weighted by Crippen LogP contribution is -2.65. The van der Waals surface area contributed by atoms with Gasteiger partial charge in [0.05, 0.1) is 18.2 Å². The molecule has 0 saturated carbocycles. The van der Waals surface area contributed by atoms with Gasteiger partial charge in [0.1, 0.15) is 30.3 Å². The third-order valence-electron chi connectivity index (χ3n) is 6.08. The molecule has 3 aromatic rings. The number of esters is 1. The van der Waals surface area contributed by atoms with E-state index in [1.54, 1.807) is 0 Å². The maximum Gasteiger partial charge on any atom is 0.416 e. The van der Waals surface area contributed by atoms with Crippen molar-refractivity contribution in [3.8, 4) is 0 Å². The maximum absolute atomic E-state index is 15.0. The molecule has 3 atom stereocenters. The first kappa shape index (κ1) is 24.3. The van der Waals surface area contributed by atoms with Gasteiger partial charge in [-0.2, -0.15) is 18.3 Å². The number of nitrogens with zero attached hydrogens (tertiary/aromatic N) is 4. The van der Waals surface area contributed by atoms with E-state index in [1.165, 1.54) is 31.2 Å². The van der Waals surface area contributed by atoms with Crippen molar-refractivity contribution in [2.24, 2.45) is 0 Å². The average Bonchev–Trinajstić information content (AvgIpc) is 3.30. The Morgan fingerprint density at radius 1 is 1.11 bits per heavy atom.